The van der Waals surface area contributed by atoms with Crippen LogP contribution in [0.15, 0.2) is 28.7 Å². The number of nitrogens with two attached hydrogens (primary N) is 1. The van der Waals surface area contributed by atoms with E-state index in [-0.39, 0.29) is 24.4 Å². The van der Waals surface area contributed by atoms with E-state index in [2.05, 4.69) is 15.9 Å². The van der Waals surface area contributed by atoms with Crippen LogP contribution in [0.1, 0.15) is 25.7 Å². The number of benzene rings is 1. The maximum absolute atomic E-state index is 12.1. The van der Waals surface area contributed by atoms with Crippen molar-refractivity contribution in [3.05, 3.63) is 28.7 Å². The van der Waals surface area contributed by atoms with Crippen LogP contribution in [0, 0.1) is 0 Å². The van der Waals surface area contributed by atoms with E-state index >= 15 is 0 Å². The maximum Gasteiger partial charge on any atom is 0.222 e. The Morgan fingerprint density at radius 1 is 1.43 bits per heavy atom. The van der Waals surface area contributed by atoms with Gasteiger partial charge < -0.3 is 15.4 Å². The number of amides is 1. The van der Waals surface area contributed by atoms with Gasteiger partial charge in [-0.1, -0.05) is 12.1 Å². The predicted octanol–water partition coefficient (Wildman–Crippen LogP) is 2.98. The van der Waals surface area contributed by atoms with Gasteiger partial charge in [0.2, 0.25) is 5.91 Å². The lowest BCUT2D eigenvalue weighted by Crippen LogP contribution is -2.39. The number of hydrogen-bond donors (Lipinski definition) is 1. The second kappa shape index (κ2) is 9.28. The van der Waals surface area contributed by atoms with E-state index in [4.69, 9.17) is 10.5 Å². The molecule has 1 atom stereocenters. The molecule has 1 aromatic rings. The van der Waals surface area contributed by atoms with Crippen molar-refractivity contribution in [1.82, 2.24) is 4.90 Å². The Hall–Kier alpha value is -0.780. The zero-order valence-corrected chi connectivity index (χ0v) is 14.4. The van der Waals surface area contributed by atoms with Crippen molar-refractivity contribution in [1.29, 1.82) is 0 Å². The molecule has 1 saturated heterocycles. The first-order valence-electron chi connectivity index (χ1n) is 7.09. The summed E-state index contributed by atoms with van der Waals surface area (Å²) in [5.74, 6) is 1.02. The van der Waals surface area contributed by atoms with E-state index in [0.29, 0.717) is 19.6 Å². The Kier molecular flexibility index (Phi) is 8.07. The molecule has 2 rings (SSSR count). The van der Waals surface area contributed by atoms with Crippen molar-refractivity contribution in [3.63, 3.8) is 0 Å². The van der Waals surface area contributed by atoms with E-state index in [1.165, 1.54) is 0 Å². The molecule has 1 amide bonds. The Morgan fingerprint density at radius 3 is 2.90 bits per heavy atom. The van der Waals surface area contributed by atoms with Gasteiger partial charge in [-0.3, -0.25) is 4.79 Å². The molecule has 0 radical (unpaired) electrons. The SMILES string of the molecule is Cl.NCC1CCCN1C(=O)CCCOc1ccccc1Br. The summed E-state index contributed by atoms with van der Waals surface area (Å²) in [5.41, 5.74) is 5.69. The lowest BCUT2D eigenvalue weighted by atomic mass is 10.2. The first-order chi connectivity index (χ1) is 9.72. The highest BCUT2D eigenvalue weighted by Crippen LogP contribution is 2.24. The minimum Gasteiger partial charge on any atom is -0.492 e. The molecule has 2 N–H and O–H groups in total. The summed E-state index contributed by atoms with van der Waals surface area (Å²) in [6, 6.07) is 7.97. The molecule has 4 nitrogen and oxygen atoms in total. The third kappa shape index (κ3) is 5.16. The number of para-hydroxylation sites is 1. The van der Waals surface area contributed by atoms with Gasteiger partial charge in [-0.2, -0.15) is 0 Å². The van der Waals surface area contributed by atoms with Crippen LogP contribution in [0.4, 0.5) is 0 Å². The second-order valence-electron chi connectivity index (χ2n) is 5.00. The standard InChI is InChI=1S/C15H21BrN2O2.ClH/c16-13-6-1-2-7-14(13)20-10-4-8-15(19)18-9-3-5-12(18)11-17;/h1-2,6-7,12H,3-5,8-11,17H2;1H. The Morgan fingerprint density at radius 2 is 2.19 bits per heavy atom. The Labute approximate surface area is 140 Å². The quantitative estimate of drug-likeness (QED) is 0.775. The monoisotopic (exact) mass is 376 g/mol. The Bertz CT molecular complexity index is 459. The molecule has 6 heteroatoms. The van der Waals surface area contributed by atoms with Crippen molar-refractivity contribution in [3.8, 4) is 5.75 Å². The van der Waals surface area contributed by atoms with Crippen molar-refractivity contribution in [2.45, 2.75) is 31.7 Å². The fourth-order valence-corrected chi connectivity index (χ4v) is 2.92. The van der Waals surface area contributed by atoms with Crippen molar-refractivity contribution in [2.24, 2.45) is 5.73 Å². The fraction of sp³-hybridized carbons (Fsp3) is 0.533. The largest absolute Gasteiger partial charge is 0.492 e. The minimum atomic E-state index is 0. The third-order valence-electron chi connectivity index (χ3n) is 3.60. The molecule has 0 saturated carbocycles. The van der Waals surface area contributed by atoms with Gasteiger partial charge >= 0.3 is 0 Å². The van der Waals surface area contributed by atoms with Gasteiger partial charge in [0.05, 0.1) is 11.1 Å². The van der Waals surface area contributed by atoms with E-state index in [1.807, 2.05) is 29.2 Å². The zero-order chi connectivity index (χ0) is 14.4. The van der Waals surface area contributed by atoms with Crippen LogP contribution in [0.25, 0.3) is 0 Å². The summed E-state index contributed by atoms with van der Waals surface area (Å²) in [5, 5.41) is 0. The first-order valence-corrected chi connectivity index (χ1v) is 7.88. The van der Waals surface area contributed by atoms with Gasteiger partial charge in [-0.15, -0.1) is 12.4 Å². The molecular formula is C15H22BrClN2O2. The zero-order valence-electron chi connectivity index (χ0n) is 12.0. The highest BCUT2D eigenvalue weighted by atomic mass is 79.9. The summed E-state index contributed by atoms with van der Waals surface area (Å²) < 4.78 is 6.60. The highest BCUT2D eigenvalue weighted by Gasteiger charge is 2.26. The Balaban J connectivity index is 0.00000220. The summed E-state index contributed by atoms with van der Waals surface area (Å²) in [6.07, 6.45) is 3.37. The van der Waals surface area contributed by atoms with Crippen LogP contribution in [0.5, 0.6) is 5.75 Å². The van der Waals surface area contributed by atoms with E-state index < -0.39 is 0 Å². The molecule has 1 fully saturated rings. The molecule has 0 spiro atoms. The smallest absolute Gasteiger partial charge is 0.222 e. The minimum absolute atomic E-state index is 0. The van der Waals surface area contributed by atoms with Crippen molar-refractivity contribution in [2.75, 3.05) is 19.7 Å². The predicted molar refractivity (Wildman–Crippen MR) is 89.9 cm³/mol. The first kappa shape index (κ1) is 18.3. The van der Waals surface area contributed by atoms with Crippen LogP contribution in [-0.4, -0.2) is 36.5 Å². The van der Waals surface area contributed by atoms with Gasteiger partial charge in [0.25, 0.3) is 0 Å². The van der Waals surface area contributed by atoms with E-state index in [9.17, 15) is 4.79 Å². The average molecular weight is 378 g/mol. The summed E-state index contributed by atoms with van der Waals surface area (Å²) in [6.45, 7) is 1.97. The molecule has 1 unspecified atom stereocenters. The molecule has 1 aliphatic heterocycles. The fourth-order valence-electron chi connectivity index (χ4n) is 2.52. The molecule has 21 heavy (non-hydrogen) atoms. The van der Waals surface area contributed by atoms with Crippen molar-refractivity contribution >= 4 is 34.2 Å². The number of carbonyl (C=O) groups excluding carboxylic acids is 1. The summed E-state index contributed by atoms with van der Waals surface area (Å²) >= 11 is 3.43. The molecule has 0 aliphatic carbocycles. The second-order valence-corrected chi connectivity index (χ2v) is 5.86. The molecule has 1 heterocycles. The summed E-state index contributed by atoms with van der Waals surface area (Å²) in [4.78, 5) is 14.0. The number of halogens is 2. The molecule has 1 aromatic carbocycles. The van der Waals surface area contributed by atoms with Crippen LogP contribution in [0.2, 0.25) is 0 Å². The van der Waals surface area contributed by atoms with Crippen LogP contribution >= 0.6 is 28.3 Å². The van der Waals surface area contributed by atoms with Crippen LogP contribution in [-0.2, 0) is 4.79 Å². The van der Waals surface area contributed by atoms with Gasteiger partial charge in [-0.25, -0.2) is 0 Å². The number of rotatable bonds is 6. The highest BCUT2D eigenvalue weighted by molar-refractivity contribution is 9.10. The number of ether oxygens (including phenoxy) is 1. The molecule has 1 aliphatic rings. The average Bonchev–Trinajstić information content (AvgIpc) is 2.93. The number of likely N-dealkylation sites (tertiary alicyclic amines) is 1. The van der Waals surface area contributed by atoms with Gasteiger partial charge in [0.1, 0.15) is 5.75 Å². The summed E-state index contributed by atoms with van der Waals surface area (Å²) in [7, 11) is 0. The lowest BCUT2D eigenvalue weighted by Gasteiger charge is -2.23. The molecular weight excluding hydrogens is 356 g/mol. The molecule has 118 valence electrons. The number of nitrogens with zero attached hydrogens (tertiary/aromatic N) is 1. The van der Waals surface area contributed by atoms with Crippen molar-refractivity contribution < 1.29 is 9.53 Å². The molecule has 0 aromatic heterocycles. The maximum atomic E-state index is 12.1. The normalized spacial score (nSPS) is 17.4. The third-order valence-corrected chi connectivity index (χ3v) is 4.25. The van der Waals surface area contributed by atoms with Gasteiger partial charge in [-0.05, 0) is 47.3 Å². The van der Waals surface area contributed by atoms with Crippen LogP contribution < -0.4 is 10.5 Å². The lowest BCUT2D eigenvalue weighted by molar-refractivity contribution is -0.132. The number of carbonyl (C=O) groups is 1. The van der Waals surface area contributed by atoms with E-state index in [1.54, 1.807) is 0 Å². The number of hydrogen-bond acceptors (Lipinski definition) is 3. The van der Waals surface area contributed by atoms with Crippen LogP contribution in [0.3, 0.4) is 0 Å². The topological polar surface area (TPSA) is 55.6 Å². The van der Waals surface area contributed by atoms with E-state index in [0.717, 1.165) is 36.0 Å². The molecule has 0 bridgehead atoms. The van der Waals surface area contributed by atoms with Gasteiger partial charge in [0, 0.05) is 25.6 Å². The van der Waals surface area contributed by atoms with Gasteiger partial charge in [0.15, 0.2) is 0 Å².